The van der Waals surface area contributed by atoms with Crippen molar-refractivity contribution in [2.24, 2.45) is 4.99 Å². The highest BCUT2D eigenvalue weighted by molar-refractivity contribution is 7.18. The Morgan fingerprint density at radius 3 is 2.73 bits per heavy atom. The summed E-state index contributed by atoms with van der Waals surface area (Å²) >= 11 is 7.19. The fraction of sp³-hybridized carbons (Fsp3) is 0.200. The summed E-state index contributed by atoms with van der Waals surface area (Å²) in [7, 11) is 2.07. The number of amides is 1. The molecule has 0 atom stereocenters. The number of halogens is 1. The summed E-state index contributed by atoms with van der Waals surface area (Å²) in [6.45, 7) is 2.34. The Labute approximate surface area is 200 Å². The minimum absolute atomic E-state index is 0.172. The zero-order valence-electron chi connectivity index (χ0n) is 18.1. The maximum atomic E-state index is 12.6. The summed E-state index contributed by atoms with van der Waals surface area (Å²) in [6.07, 6.45) is 2.68. The molecule has 6 nitrogen and oxygen atoms in total. The summed E-state index contributed by atoms with van der Waals surface area (Å²) in [5.41, 5.74) is 2.93. The van der Waals surface area contributed by atoms with E-state index in [1.807, 2.05) is 30.5 Å². The van der Waals surface area contributed by atoms with Crippen LogP contribution >= 0.6 is 22.9 Å². The highest BCUT2D eigenvalue weighted by Gasteiger charge is 2.16. The zero-order chi connectivity index (χ0) is 22.9. The number of rotatable bonds is 6. The topological polar surface area (TPSA) is 69.9 Å². The van der Waals surface area contributed by atoms with Gasteiger partial charge in [-0.15, -0.1) is 11.3 Å². The van der Waals surface area contributed by atoms with E-state index in [0.717, 1.165) is 36.3 Å². The number of benzene rings is 2. The van der Waals surface area contributed by atoms with Gasteiger partial charge >= 0.3 is 0 Å². The van der Waals surface area contributed by atoms with E-state index in [-0.39, 0.29) is 11.8 Å². The fourth-order valence-electron chi connectivity index (χ4n) is 4.11. The van der Waals surface area contributed by atoms with Crippen LogP contribution in [-0.2, 0) is 13.0 Å². The van der Waals surface area contributed by atoms with Gasteiger partial charge in [-0.25, -0.2) is 0 Å². The van der Waals surface area contributed by atoms with E-state index in [1.165, 1.54) is 16.9 Å². The van der Waals surface area contributed by atoms with Gasteiger partial charge in [-0.2, -0.15) is 0 Å². The molecule has 0 radical (unpaired) electrons. The van der Waals surface area contributed by atoms with Gasteiger partial charge in [0.25, 0.3) is 5.91 Å². The normalized spacial score (nSPS) is 13.5. The standard InChI is InChI=1S/C25H23ClN4O2S/c1-29-11-10-27-23(29)13-16-4-2-5-17(12-16)14-30-15-19-18(25(30)32)6-3-7-20(19)28-24(31)21-8-9-22(26)33-21/h2-9,12,15,32H,10-11,13-14H2,1H3,(H,28,31). The Kier molecular flexibility index (Phi) is 5.83. The lowest BCUT2D eigenvalue weighted by molar-refractivity contribution is 0.103. The van der Waals surface area contributed by atoms with Gasteiger partial charge in [0, 0.05) is 37.0 Å². The van der Waals surface area contributed by atoms with Gasteiger partial charge in [-0.1, -0.05) is 41.9 Å². The molecule has 5 rings (SSSR count). The van der Waals surface area contributed by atoms with E-state index in [2.05, 4.69) is 40.5 Å². The predicted octanol–water partition coefficient (Wildman–Crippen LogP) is 5.25. The van der Waals surface area contributed by atoms with Crippen molar-refractivity contribution in [2.75, 3.05) is 25.5 Å². The maximum Gasteiger partial charge on any atom is 0.265 e. The first-order valence-corrected chi connectivity index (χ1v) is 11.9. The van der Waals surface area contributed by atoms with E-state index >= 15 is 0 Å². The van der Waals surface area contributed by atoms with Crippen molar-refractivity contribution in [1.29, 1.82) is 0 Å². The minimum Gasteiger partial charge on any atom is -0.494 e. The van der Waals surface area contributed by atoms with Crippen LogP contribution in [0.1, 0.15) is 20.8 Å². The van der Waals surface area contributed by atoms with Crippen molar-refractivity contribution in [3.63, 3.8) is 0 Å². The molecular formula is C25H23ClN4O2S. The number of nitrogens with one attached hydrogen (secondary N) is 1. The first-order valence-electron chi connectivity index (χ1n) is 10.7. The molecule has 0 aliphatic carbocycles. The second-order valence-corrected chi connectivity index (χ2v) is 9.84. The number of fused-ring (bicyclic) bond motifs is 1. The molecule has 1 amide bonds. The van der Waals surface area contributed by atoms with Crippen LogP contribution in [0.3, 0.4) is 0 Å². The molecule has 0 bridgehead atoms. The summed E-state index contributed by atoms with van der Waals surface area (Å²) in [4.78, 5) is 19.9. The molecule has 0 saturated heterocycles. The van der Waals surface area contributed by atoms with Gasteiger partial charge in [-0.05, 0) is 35.4 Å². The van der Waals surface area contributed by atoms with Gasteiger partial charge in [0.1, 0.15) is 5.84 Å². The molecule has 3 heterocycles. The Morgan fingerprint density at radius 2 is 1.97 bits per heavy atom. The van der Waals surface area contributed by atoms with Crippen molar-refractivity contribution in [3.05, 3.63) is 81.1 Å². The van der Waals surface area contributed by atoms with E-state index < -0.39 is 0 Å². The molecule has 0 unspecified atom stereocenters. The lowest BCUT2D eigenvalue weighted by Gasteiger charge is -2.14. The number of carbonyl (C=O) groups is 1. The summed E-state index contributed by atoms with van der Waals surface area (Å²) in [6, 6.07) is 17.3. The third-order valence-corrected chi connectivity index (χ3v) is 7.06. The molecule has 4 aromatic rings. The van der Waals surface area contributed by atoms with Gasteiger partial charge in [0.2, 0.25) is 0 Å². The van der Waals surface area contributed by atoms with Crippen molar-refractivity contribution < 1.29 is 9.90 Å². The number of carbonyl (C=O) groups excluding carboxylic acids is 1. The van der Waals surface area contributed by atoms with Crippen LogP contribution in [0.25, 0.3) is 10.8 Å². The largest absolute Gasteiger partial charge is 0.494 e. The van der Waals surface area contributed by atoms with Gasteiger partial charge in [0.15, 0.2) is 5.88 Å². The quantitative estimate of drug-likeness (QED) is 0.397. The zero-order valence-corrected chi connectivity index (χ0v) is 19.7. The van der Waals surface area contributed by atoms with E-state index in [0.29, 0.717) is 26.8 Å². The lowest BCUT2D eigenvalue weighted by Crippen LogP contribution is -2.24. The van der Waals surface area contributed by atoms with Crippen LogP contribution in [-0.4, -0.2) is 46.5 Å². The molecule has 168 valence electrons. The van der Waals surface area contributed by atoms with Crippen LogP contribution in [0.5, 0.6) is 5.88 Å². The molecule has 2 aromatic carbocycles. The molecule has 2 N–H and O–H groups in total. The third kappa shape index (κ3) is 4.47. The number of nitrogens with zero attached hydrogens (tertiary/aromatic N) is 3. The second kappa shape index (κ2) is 8.92. The highest BCUT2D eigenvalue weighted by Crippen LogP contribution is 2.33. The maximum absolute atomic E-state index is 12.6. The first kappa shape index (κ1) is 21.6. The van der Waals surface area contributed by atoms with Gasteiger partial charge < -0.3 is 19.9 Å². The van der Waals surface area contributed by atoms with Crippen molar-refractivity contribution in [3.8, 4) is 5.88 Å². The summed E-state index contributed by atoms with van der Waals surface area (Å²) in [5.74, 6) is 1.05. The highest BCUT2D eigenvalue weighted by atomic mass is 35.5. The van der Waals surface area contributed by atoms with Crippen LogP contribution in [0.4, 0.5) is 5.69 Å². The average molecular weight is 479 g/mol. The van der Waals surface area contributed by atoms with Crippen molar-refractivity contribution >= 4 is 51.1 Å². The molecule has 0 spiro atoms. The Hall–Kier alpha value is -3.29. The van der Waals surface area contributed by atoms with Crippen LogP contribution < -0.4 is 5.32 Å². The molecule has 0 saturated carbocycles. The summed E-state index contributed by atoms with van der Waals surface area (Å²) in [5, 5.41) is 15.3. The van der Waals surface area contributed by atoms with Crippen molar-refractivity contribution in [1.82, 2.24) is 9.47 Å². The number of hydrogen-bond donors (Lipinski definition) is 2. The van der Waals surface area contributed by atoms with Crippen LogP contribution in [0.2, 0.25) is 4.34 Å². The van der Waals surface area contributed by atoms with E-state index in [4.69, 9.17) is 11.6 Å². The van der Waals surface area contributed by atoms with Gasteiger partial charge in [-0.3, -0.25) is 9.79 Å². The molecule has 0 fully saturated rings. The smallest absolute Gasteiger partial charge is 0.265 e. The number of likely N-dealkylation sites (N-methyl/N-ethyl adjacent to an activating group) is 1. The molecule has 8 heteroatoms. The second-order valence-electron chi connectivity index (χ2n) is 8.12. The monoisotopic (exact) mass is 478 g/mol. The Balaban J connectivity index is 1.39. The SMILES string of the molecule is CN1CCN=C1Cc1cccc(Cn2cc3c(NC(=O)c4ccc(Cl)s4)cccc3c2O)c1. The predicted molar refractivity (Wildman–Crippen MR) is 135 cm³/mol. The molecular weight excluding hydrogens is 456 g/mol. The minimum atomic E-state index is -0.223. The molecule has 1 aliphatic heterocycles. The first-order chi connectivity index (χ1) is 16.0. The average Bonchev–Trinajstić information content (AvgIpc) is 3.50. The number of aromatic nitrogens is 1. The van der Waals surface area contributed by atoms with Crippen molar-refractivity contribution in [2.45, 2.75) is 13.0 Å². The number of anilines is 1. The van der Waals surface area contributed by atoms with Crippen LogP contribution in [0.15, 0.2) is 65.8 Å². The molecule has 33 heavy (non-hydrogen) atoms. The Bertz CT molecular complexity index is 1370. The van der Waals surface area contributed by atoms with E-state index in [9.17, 15) is 9.90 Å². The van der Waals surface area contributed by atoms with Crippen LogP contribution in [0, 0.1) is 0 Å². The molecule has 2 aromatic heterocycles. The molecule has 1 aliphatic rings. The number of aliphatic imine (C=N–C) groups is 1. The fourth-order valence-corrected chi connectivity index (χ4v) is 5.05. The number of hydrogen-bond acceptors (Lipinski definition) is 5. The number of thiophene rings is 1. The number of amidine groups is 1. The number of aromatic hydroxyl groups is 1. The lowest BCUT2D eigenvalue weighted by atomic mass is 10.1. The van der Waals surface area contributed by atoms with Gasteiger partial charge in [0.05, 0.1) is 28.0 Å². The Morgan fingerprint density at radius 1 is 1.15 bits per heavy atom. The summed E-state index contributed by atoms with van der Waals surface area (Å²) < 4.78 is 2.37. The third-order valence-electron chi connectivity index (χ3n) is 5.83. The van der Waals surface area contributed by atoms with E-state index in [1.54, 1.807) is 16.7 Å².